The van der Waals surface area contributed by atoms with E-state index in [9.17, 15) is 18.0 Å². The predicted octanol–water partition coefficient (Wildman–Crippen LogP) is 3.00. The van der Waals surface area contributed by atoms with Gasteiger partial charge >= 0.3 is 6.18 Å². The van der Waals surface area contributed by atoms with Crippen LogP contribution in [0.15, 0.2) is 30.4 Å². The van der Waals surface area contributed by atoms with Gasteiger partial charge in [-0.15, -0.1) is 0 Å². The molecule has 0 heterocycles. The van der Waals surface area contributed by atoms with Crippen molar-refractivity contribution < 1.29 is 18.0 Å². The van der Waals surface area contributed by atoms with Gasteiger partial charge in [0.1, 0.15) is 0 Å². The lowest BCUT2D eigenvalue weighted by Gasteiger charge is -2.07. The SMILES string of the molecule is C=C1Cc2ccc(C(F)(F)F)cc2C1=O. The van der Waals surface area contributed by atoms with Crippen LogP contribution in [-0.2, 0) is 12.6 Å². The Labute approximate surface area is 84.2 Å². The fourth-order valence-electron chi connectivity index (χ4n) is 1.62. The maximum absolute atomic E-state index is 12.3. The molecule has 0 atom stereocenters. The fraction of sp³-hybridized carbons (Fsp3) is 0.182. The Morgan fingerprint density at radius 2 is 1.93 bits per heavy atom. The number of benzene rings is 1. The summed E-state index contributed by atoms with van der Waals surface area (Å²) in [6.07, 6.45) is -4.05. The minimum absolute atomic E-state index is 0.134. The van der Waals surface area contributed by atoms with Crippen LogP contribution in [0, 0.1) is 0 Å². The smallest absolute Gasteiger partial charge is 0.289 e. The monoisotopic (exact) mass is 212 g/mol. The molecule has 0 amide bonds. The molecule has 0 aromatic heterocycles. The molecule has 1 aromatic carbocycles. The second kappa shape index (κ2) is 2.95. The van der Waals surface area contributed by atoms with Crippen molar-refractivity contribution in [3.05, 3.63) is 47.0 Å². The summed E-state index contributed by atoms with van der Waals surface area (Å²) in [6, 6.07) is 3.23. The number of Topliss-reactive ketones (excluding diaryl/α,β-unsaturated/α-hetero) is 1. The quantitative estimate of drug-likeness (QED) is 0.604. The van der Waals surface area contributed by atoms with Gasteiger partial charge in [-0.05, 0) is 23.3 Å². The molecule has 0 unspecified atom stereocenters. The Bertz CT molecular complexity index is 457. The maximum atomic E-state index is 12.3. The van der Waals surface area contributed by atoms with Crippen molar-refractivity contribution in [3.63, 3.8) is 0 Å². The van der Waals surface area contributed by atoms with Crippen LogP contribution in [0.3, 0.4) is 0 Å². The molecule has 0 saturated heterocycles. The number of allylic oxidation sites excluding steroid dienone is 1. The summed E-state index contributed by atoms with van der Waals surface area (Å²) in [5.74, 6) is -0.379. The molecule has 1 nitrogen and oxygen atoms in total. The summed E-state index contributed by atoms with van der Waals surface area (Å²) in [5, 5.41) is 0. The minimum Gasteiger partial charge on any atom is -0.289 e. The number of hydrogen-bond acceptors (Lipinski definition) is 1. The molecular weight excluding hydrogens is 205 g/mol. The first kappa shape index (κ1) is 9.96. The van der Waals surface area contributed by atoms with E-state index >= 15 is 0 Å². The first-order chi connectivity index (χ1) is 6.89. The van der Waals surface area contributed by atoms with Gasteiger partial charge in [-0.1, -0.05) is 12.6 Å². The lowest BCUT2D eigenvalue weighted by atomic mass is 10.1. The highest BCUT2D eigenvalue weighted by Crippen LogP contribution is 2.33. The number of rotatable bonds is 0. The normalized spacial score (nSPS) is 15.7. The van der Waals surface area contributed by atoms with Crippen LogP contribution in [-0.4, -0.2) is 5.78 Å². The molecule has 2 rings (SSSR count). The van der Waals surface area contributed by atoms with Crippen molar-refractivity contribution >= 4 is 5.78 Å². The van der Waals surface area contributed by atoms with Crippen LogP contribution >= 0.6 is 0 Å². The van der Waals surface area contributed by atoms with Gasteiger partial charge in [0.25, 0.3) is 0 Å². The van der Waals surface area contributed by atoms with Crippen LogP contribution in [0.1, 0.15) is 21.5 Å². The number of carbonyl (C=O) groups excluding carboxylic acids is 1. The number of halogens is 3. The van der Waals surface area contributed by atoms with E-state index in [0.29, 0.717) is 17.6 Å². The Kier molecular flexibility index (Phi) is 1.96. The summed E-state index contributed by atoms with van der Waals surface area (Å²) in [5.41, 5.74) is 0.321. The Balaban J connectivity index is 2.54. The Morgan fingerprint density at radius 1 is 1.27 bits per heavy atom. The van der Waals surface area contributed by atoms with E-state index in [1.165, 1.54) is 6.07 Å². The number of fused-ring (bicyclic) bond motifs is 1. The summed E-state index contributed by atoms with van der Waals surface area (Å²) >= 11 is 0. The first-order valence-corrected chi connectivity index (χ1v) is 4.32. The third-order valence-corrected chi connectivity index (χ3v) is 2.41. The van der Waals surface area contributed by atoms with Crippen molar-refractivity contribution in [2.45, 2.75) is 12.6 Å². The Morgan fingerprint density at radius 3 is 2.53 bits per heavy atom. The maximum Gasteiger partial charge on any atom is 0.416 e. The number of ketones is 1. The summed E-state index contributed by atoms with van der Waals surface area (Å²) in [7, 11) is 0. The van der Waals surface area contributed by atoms with E-state index < -0.39 is 11.7 Å². The third kappa shape index (κ3) is 1.56. The van der Waals surface area contributed by atoms with Crippen LogP contribution in [0.2, 0.25) is 0 Å². The molecule has 78 valence electrons. The highest BCUT2D eigenvalue weighted by Gasteiger charge is 2.33. The topological polar surface area (TPSA) is 17.1 Å². The minimum atomic E-state index is -4.40. The number of hydrogen-bond donors (Lipinski definition) is 0. The molecular formula is C11H7F3O. The molecule has 1 aliphatic rings. The van der Waals surface area contributed by atoms with E-state index in [-0.39, 0.29) is 11.3 Å². The van der Waals surface area contributed by atoms with E-state index in [1.54, 1.807) is 0 Å². The van der Waals surface area contributed by atoms with Gasteiger partial charge in [0.15, 0.2) is 5.78 Å². The molecule has 4 heteroatoms. The lowest BCUT2D eigenvalue weighted by molar-refractivity contribution is -0.137. The van der Waals surface area contributed by atoms with E-state index in [1.807, 2.05) is 0 Å². The van der Waals surface area contributed by atoms with Gasteiger partial charge in [-0.3, -0.25) is 4.79 Å². The molecule has 0 aliphatic heterocycles. The standard InChI is InChI=1S/C11H7F3O/c1-6-4-7-2-3-8(11(12,13)14)5-9(7)10(6)15/h2-3,5H,1,4H2. The highest BCUT2D eigenvalue weighted by molar-refractivity contribution is 6.12. The van der Waals surface area contributed by atoms with Crippen molar-refractivity contribution in [2.75, 3.05) is 0 Å². The molecule has 0 spiro atoms. The molecule has 1 aromatic rings. The van der Waals surface area contributed by atoms with Gasteiger partial charge in [0.05, 0.1) is 5.56 Å². The third-order valence-electron chi connectivity index (χ3n) is 2.41. The summed E-state index contributed by atoms with van der Waals surface area (Å²) < 4.78 is 37.0. The van der Waals surface area contributed by atoms with Crippen LogP contribution < -0.4 is 0 Å². The summed E-state index contributed by atoms with van der Waals surface area (Å²) in [4.78, 5) is 11.4. The van der Waals surface area contributed by atoms with Gasteiger partial charge in [0, 0.05) is 12.0 Å². The molecule has 0 saturated carbocycles. The first-order valence-electron chi connectivity index (χ1n) is 4.32. The van der Waals surface area contributed by atoms with Crippen molar-refractivity contribution in [1.29, 1.82) is 0 Å². The van der Waals surface area contributed by atoms with E-state index in [2.05, 4.69) is 6.58 Å². The van der Waals surface area contributed by atoms with Crippen LogP contribution in [0.25, 0.3) is 0 Å². The average Bonchev–Trinajstić information content (AvgIpc) is 2.41. The fourth-order valence-corrected chi connectivity index (χ4v) is 1.62. The van der Waals surface area contributed by atoms with Crippen molar-refractivity contribution in [2.24, 2.45) is 0 Å². The van der Waals surface area contributed by atoms with Crippen LogP contribution in [0.5, 0.6) is 0 Å². The van der Waals surface area contributed by atoms with Gasteiger partial charge in [-0.25, -0.2) is 0 Å². The lowest BCUT2D eigenvalue weighted by Crippen LogP contribution is -2.06. The molecule has 15 heavy (non-hydrogen) atoms. The second-order valence-electron chi connectivity index (χ2n) is 3.48. The zero-order valence-corrected chi connectivity index (χ0v) is 7.69. The van der Waals surface area contributed by atoms with Crippen molar-refractivity contribution in [3.8, 4) is 0 Å². The number of alkyl halides is 3. The van der Waals surface area contributed by atoms with Gasteiger partial charge in [-0.2, -0.15) is 13.2 Å². The van der Waals surface area contributed by atoms with E-state index in [0.717, 1.165) is 12.1 Å². The van der Waals surface area contributed by atoms with Crippen LogP contribution in [0.4, 0.5) is 13.2 Å². The molecule has 0 fully saturated rings. The molecule has 1 aliphatic carbocycles. The highest BCUT2D eigenvalue weighted by atomic mass is 19.4. The number of carbonyl (C=O) groups is 1. The average molecular weight is 212 g/mol. The van der Waals surface area contributed by atoms with E-state index in [4.69, 9.17) is 0 Å². The van der Waals surface area contributed by atoms with Gasteiger partial charge < -0.3 is 0 Å². The summed E-state index contributed by atoms with van der Waals surface area (Å²) in [6.45, 7) is 3.51. The zero-order chi connectivity index (χ0) is 11.2. The van der Waals surface area contributed by atoms with Gasteiger partial charge in [0.2, 0.25) is 0 Å². The van der Waals surface area contributed by atoms with Crippen molar-refractivity contribution in [1.82, 2.24) is 0 Å². The molecule has 0 N–H and O–H groups in total. The molecule has 0 bridgehead atoms. The largest absolute Gasteiger partial charge is 0.416 e. The predicted molar refractivity (Wildman–Crippen MR) is 48.6 cm³/mol. The second-order valence-corrected chi connectivity index (χ2v) is 3.48. The zero-order valence-electron chi connectivity index (χ0n) is 7.69. The Hall–Kier alpha value is -1.58. The molecule has 0 radical (unpaired) electrons.